The smallest absolute Gasteiger partial charge is 0.0718 e. The molecular formula is C15H32N2O. The van der Waals surface area contributed by atoms with Crippen LogP contribution in [0.3, 0.4) is 0 Å². The first-order valence-electron chi connectivity index (χ1n) is 7.48. The van der Waals surface area contributed by atoms with Gasteiger partial charge in [0.15, 0.2) is 0 Å². The van der Waals surface area contributed by atoms with Crippen LogP contribution < -0.4 is 5.73 Å². The van der Waals surface area contributed by atoms with Crippen molar-refractivity contribution in [2.45, 2.75) is 64.5 Å². The van der Waals surface area contributed by atoms with E-state index in [1.165, 1.54) is 32.1 Å². The Kier molecular flexibility index (Phi) is 6.09. The topological polar surface area (TPSA) is 49.5 Å². The summed E-state index contributed by atoms with van der Waals surface area (Å²) in [5, 5.41) is 9.85. The lowest BCUT2D eigenvalue weighted by Crippen LogP contribution is -2.45. The Morgan fingerprint density at radius 2 is 2.00 bits per heavy atom. The van der Waals surface area contributed by atoms with E-state index in [1.54, 1.807) is 0 Å². The fraction of sp³-hybridized carbons (Fsp3) is 1.00. The number of nitrogens with two attached hydrogens (primary N) is 1. The minimum atomic E-state index is -0.615. The van der Waals surface area contributed by atoms with Crippen LogP contribution in [-0.4, -0.2) is 41.8 Å². The van der Waals surface area contributed by atoms with E-state index in [9.17, 15) is 5.11 Å². The van der Waals surface area contributed by atoms with Crippen molar-refractivity contribution in [2.75, 3.05) is 20.1 Å². The monoisotopic (exact) mass is 256 g/mol. The van der Waals surface area contributed by atoms with Gasteiger partial charge in [-0.05, 0) is 52.0 Å². The zero-order valence-electron chi connectivity index (χ0n) is 12.7. The molecule has 3 unspecified atom stereocenters. The molecule has 0 heterocycles. The van der Waals surface area contributed by atoms with Crippen LogP contribution in [0.1, 0.15) is 52.9 Å². The molecule has 1 saturated carbocycles. The standard InChI is InChI=1S/C15H32N2O/c1-5-6-12-7-8-14(16)13(9-12)10-17(4)11-15(2,3)18/h12-14,18H,5-11,16H2,1-4H3. The molecule has 18 heavy (non-hydrogen) atoms. The third kappa shape index (κ3) is 5.68. The number of rotatable bonds is 6. The van der Waals surface area contributed by atoms with Crippen LogP contribution in [0.2, 0.25) is 0 Å². The van der Waals surface area contributed by atoms with Crippen LogP contribution in [0.5, 0.6) is 0 Å². The van der Waals surface area contributed by atoms with Crippen molar-refractivity contribution in [3.05, 3.63) is 0 Å². The molecule has 0 aromatic rings. The van der Waals surface area contributed by atoms with Crippen molar-refractivity contribution >= 4 is 0 Å². The molecule has 0 saturated heterocycles. The Morgan fingerprint density at radius 3 is 2.56 bits per heavy atom. The molecule has 108 valence electrons. The minimum absolute atomic E-state index is 0.349. The van der Waals surface area contributed by atoms with Gasteiger partial charge in [0.2, 0.25) is 0 Å². The number of nitrogens with zero attached hydrogens (tertiary/aromatic N) is 1. The van der Waals surface area contributed by atoms with E-state index in [-0.39, 0.29) is 0 Å². The molecular weight excluding hydrogens is 224 g/mol. The van der Waals surface area contributed by atoms with E-state index in [1.807, 2.05) is 13.8 Å². The lowest BCUT2D eigenvalue weighted by atomic mass is 9.76. The zero-order valence-corrected chi connectivity index (χ0v) is 12.7. The first-order chi connectivity index (χ1) is 8.31. The van der Waals surface area contributed by atoms with E-state index in [0.717, 1.165) is 12.5 Å². The Bertz CT molecular complexity index is 237. The Labute approximate surface area is 113 Å². The van der Waals surface area contributed by atoms with Gasteiger partial charge in [-0.1, -0.05) is 19.8 Å². The highest BCUT2D eigenvalue weighted by atomic mass is 16.3. The number of hydrogen-bond acceptors (Lipinski definition) is 3. The summed E-state index contributed by atoms with van der Waals surface area (Å²) in [6.45, 7) is 7.73. The number of aliphatic hydroxyl groups is 1. The Morgan fingerprint density at radius 1 is 1.33 bits per heavy atom. The highest BCUT2D eigenvalue weighted by Gasteiger charge is 2.29. The third-order valence-electron chi connectivity index (χ3n) is 4.05. The van der Waals surface area contributed by atoms with Gasteiger partial charge in [0.05, 0.1) is 5.60 Å². The van der Waals surface area contributed by atoms with Crippen molar-refractivity contribution in [2.24, 2.45) is 17.6 Å². The van der Waals surface area contributed by atoms with Gasteiger partial charge in [-0.25, -0.2) is 0 Å². The maximum absolute atomic E-state index is 9.85. The molecule has 1 fully saturated rings. The number of hydrogen-bond donors (Lipinski definition) is 2. The van der Waals surface area contributed by atoms with E-state index in [2.05, 4.69) is 18.9 Å². The third-order valence-corrected chi connectivity index (χ3v) is 4.05. The minimum Gasteiger partial charge on any atom is -0.389 e. The van der Waals surface area contributed by atoms with Crippen LogP contribution in [0.15, 0.2) is 0 Å². The molecule has 0 radical (unpaired) electrons. The van der Waals surface area contributed by atoms with Gasteiger partial charge >= 0.3 is 0 Å². The Balaban J connectivity index is 2.43. The summed E-state index contributed by atoms with van der Waals surface area (Å²) in [6, 6.07) is 0.349. The molecule has 0 bridgehead atoms. The summed E-state index contributed by atoms with van der Waals surface area (Å²) >= 11 is 0. The van der Waals surface area contributed by atoms with Crippen LogP contribution in [0.4, 0.5) is 0 Å². The van der Waals surface area contributed by atoms with Crippen LogP contribution >= 0.6 is 0 Å². The SMILES string of the molecule is CCCC1CCC(N)C(CN(C)CC(C)(C)O)C1. The summed E-state index contributed by atoms with van der Waals surface area (Å²) in [5.74, 6) is 1.47. The largest absolute Gasteiger partial charge is 0.389 e. The van der Waals surface area contributed by atoms with E-state index < -0.39 is 5.60 Å². The summed E-state index contributed by atoms with van der Waals surface area (Å²) in [6.07, 6.45) is 6.38. The highest BCUT2D eigenvalue weighted by Crippen LogP contribution is 2.31. The molecule has 3 heteroatoms. The van der Waals surface area contributed by atoms with E-state index >= 15 is 0 Å². The van der Waals surface area contributed by atoms with Gasteiger partial charge in [0.25, 0.3) is 0 Å². The molecule has 3 nitrogen and oxygen atoms in total. The summed E-state index contributed by atoms with van der Waals surface area (Å²) in [7, 11) is 2.09. The first kappa shape index (κ1) is 15.9. The van der Waals surface area contributed by atoms with Gasteiger partial charge in [-0.3, -0.25) is 0 Å². The van der Waals surface area contributed by atoms with Crippen molar-refractivity contribution in [1.29, 1.82) is 0 Å². The van der Waals surface area contributed by atoms with Crippen molar-refractivity contribution in [3.63, 3.8) is 0 Å². The summed E-state index contributed by atoms with van der Waals surface area (Å²) < 4.78 is 0. The van der Waals surface area contributed by atoms with Crippen LogP contribution in [-0.2, 0) is 0 Å². The summed E-state index contributed by atoms with van der Waals surface area (Å²) in [4.78, 5) is 2.23. The van der Waals surface area contributed by atoms with Crippen LogP contribution in [0, 0.1) is 11.8 Å². The molecule has 3 N–H and O–H groups in total. The van der Waals surface area contributed by atoms with Crippen LogP contribution in [0.25, 0.3) is 0 Å². The van der Waals surface area contributed by atoms with Crippen molar-refractivity contribution < 1.29 is 5.11 Å². The predicted octanol–water partition coefficient (Wildman–Crippen LogP) is 2.23. The lowest BCUT2D eigenvalue weighted by molar-refractivity contribution is 0.0349. The molecule has 0 aromatic heterocycles. The molecule has 3 atom stereocenters. The van der Waals surface area contributed by atoms with Crippen molar-refractivity contribution in [3.8, 4) is 0 Å². The molecule has 1 aliphatic rings. The van der Waals surface area contributed by atoms with Crippen molar-refractivity contribution in [1.82, 2.24) is 4.90 Å². The maximum atomic E-state index is 9.85. The second-order valence-electron chi connectivity index (χ2n) is 6.90. The molecule has 1 aliphatic carbocycles. The maximum Gasteiger partial charge on any atom is 0.0718 e. The second-order valence-corrected chi connectivity index (χ2v) is 6.90. The average Bonchev–Trinajstić information content (AvgIpc) is 2.20. The number of likely N-dealkylation sites (N-methyl/N-ethyl adjacent to an activating group) is 1. The zero-order chi connectivity index (χ0) is 13.8. The summed E-state index contributed by atoms with van der Waals surface area (Å²) in [5.41, 5.74) is 5.65. The lowest BCUT2D eigenvalue weighted by Gasteiger charge is -2.37. The molecule has 0 amide bonds. The fourth-order valence-electron chi connectivity index (χ4n) is 3.39. The second kappa shape index (κ2) is 6.88. The van der Waals surface area contributed by atoms with E-state index in [4.69, 9.17) is 5.73 Å². The average molecular weight is 256 g/mol. The molecule has 0 spiro atoms. The van der Waals surface area contributed by atoms with Gasteiger partial charge in [0, 0.05) is 19.1 Å². The molecule has 0 aliphatic heterocycles. The van der Waals surface area contributed by atoms with Gasteiger partial charge in [-0.15, -0.1) is 0 Å². The fourth-order valence-corrected chi connectivity index (χ4v) is 3.39. The Hall–Kier alpha value is -0.120. The van der Waals surface area contributed by atoms with E-state index in [0.29, 0.717) is 18.5 Å². The first-order valence-corrected chi connectivity index (χ1v) is 7.48. The van der Waals surface area contributed by atoms with Gasteiger partial charge < -0.3 is 15.7 Å². The van der Waals surface area contributed by atoms with Gasteiger partial charge in [0.1, 0.15) is 0 Å². The normalized spacial score (nSPS) is 29.8. The van der Waals surface area contributed by atoms with Gasteiger partial charge in [-0.2, -0.15) is 0 Å². The quantitative estimate of drug-likeness (QED) is 0.766. The molecule has 1 rings (SSSR count). The highest BCUT2D eigenvalue weighted by molar-refractivity contribution is 4.85. The predicted molar refractivity (Wildman–Crippen MR) is 77.5 cm³/mol. The molecule has 0 aromatic carbocycles.